The molecule has 1 aliphatic rings. The minimum atomic E-state index is -1.12. The largest absolute Gasteiger partial charge is 0.394 e. The molecule has 0 aromatic rings. The van der Waals surface area contributed by atoms with Gasteiger partial charge in [0.05, 0.1) is 18.8 Å². The fourth-order valence-corrected chi connectivity index (χ4v) is 1.72. The van der Waals surface area contributed by atoms with Crippen LogP contribution in [0.2, 0.25) is 0 Å². The van der Waals surface area contributed by atoms with Crippen LogP contribution in [0.25, 0.3) is 10.4 Å². The molecule has 0 amide bonds. The highest BCUT2D eigenvalue weighted by molar-refractivity contribution is 4.88. The second-order valence-electron chi connectivity index (χ2n) is 3.66. The molecule has 6 heteroatoms. The number of aliphatic hydroxyl groups excluding tert-OH is 2. The second kappa shape index (κ2) is 4.61. The highest BCUT2D eigenvalue weighted by Gasteiger charge is 2.39. The van der Waals surface area contributed by atoms with Gasteiger partial charge in [0.25, 0.3) is 0 Å². The molecule has 5 atom stereocenters. The lowest BCUT2D eigenvalue weighted by atomic mass is 9.83. The molecule has 1 saturated heterocycles. The zero-order valence-corrected chi connectivity index (χ0v) is 8.24. The summed E-state index contributed by atoms with van der Waals surface area (Å²) in [6.45, 7) is 3.64. The molecule has 0 bridgehead atoms. The highest BCUT2D eigenvalue weighted by atomic mass is 16.6. The number of nitrogens with zero attached hydrogens (tertiary/aromatic N) is 3. The van der Waals surface area contributed by atoms with E-state index in [2.05, 4.69) is 10.0 Å². The van der Waals surface area contributed by atoms with Gasteiger partial charge >= 0.3 is 0 Å². The Balaban J connectivity index is 2.78. The van der Waals surface area contributed by atoms with Crippen molar-refractivity contribution in [2.75, 3.05) is 6.61 Å². The predicted molar refractivity (Wildman–Crippen MR) is 49.2 cm³/mol. The van der Waals surface area contributed by atoms with E-state index < -0.39 is 12.3 Å². The maximum absolute atomic E-state index is 9.49. The fraction of sp³-hybridized carbons (Fsp3) is 1.00. The fourth-order valence-electron chi connectivity index (χ4n) is 1.72. The molecule has 6 nitrogen and oxygen atoms in total. The minimum Gasteiger partial charge on any atom is -0.394 e. The van der Waals surface area contributed by atoms with Crippen molar-refractivity contribution >= 4 is 0 Å². The molecule has 1 rings (SSSR count). The maximum atomic E-state index is 9.49. The first-order valence-corrected chi connectivity index (χ1v) is 4.60. The molecule has 2 N–H and O–H groups in total. The lowest BCUT2D eigenvalue weighted by molar-refractivity contribution is -0.213. The van der Waals surface area contributed by atoms with E-state index in [1.165, 1.54) is 0 Å². The summed E-state index contributed by atoms with van der Waals surface area (Å²) in [6, 6.07) is -0.571. The normalized spacial score (nSPS) is 43.0. The van der Waals surface area contributed by atoms with Crippen molar-refractivity contribution in [1.29, 1.82) is 0 Å². The molecule has 1 heterocycles. The zero-order chi connectivity index (χ0) is 10.7. The molecule has 0 saturated carbocycles. The Morgan fingerprint density at radius 3 is 2.57 bits per heavy atom. The molecular weight excluding hydrogens is 186 g/mol. The molecule has 0 spiro atoms. The molecular formula is C8H15N3O3. The van der Waals surface area contributed by atoms with Gasteiger partial charge in [-0.1, -0.05) is 19.0 Å². The summed E-state index contributed by atoms with van der Waals surface area (Å²) in [5, 5.41) is 22.0. The third kappa shape index (κ3) is 1.99. The first-order chi connectivity index (χ1) is 6.61. The van der Waals surface area contributed by atoms with E-state index in [0.717, 1.165) is 0 Å². The van der Waals surface area contributed by atoms with Crippen LogP contribution >= 0.6 is 0 Å². The van der Waals surface area contributed by atoms with Gasteiger partial charge in [-0.2, -0.15) is 0 Å². The predicted octanol–water partition coefficient (Wildman–Crippen LogP) is 0.647. The second-order valence-corrected chi connectivity index (χ2v) is 3.66. The monoisotopic (exact) mass is 201 g/mol. The average molecular weight is 201 g/mol. The van der Waals surface area contributed by atoms with E-state index >= 15 is 0 Å². The summed E-state index contributed by atoms with van der Waals surface area (Å²) in [7, 11) is 0. The SMILES string of the molecule is C[C@@H]1C(CO)OC(O)C(N=[N+]=[N-])[C@H]1C. The summed E-state index contributed by atoms with van der Waals surface area (Å²) >= 11 is 0. The molecule has 80 valence electrons. The molecule has 1 fully saturated rings. The highest BCUT2D eigenvalue weighted by Crippen LogP contribution is 2.31. The molecule has 0 aliphatic carbocycles. The van der Waals surface area contributed by atoms with Gasteiger partial charge in [0.15, 0.2) is 6.29 Å². The Bertz CT molecular complexity index is 242. The van der Waals surface area contributed by atoms with Crippen LogP contribution in [0.15, 0.2) is 5.11 Å². The van der Waals surface area contributed by atoms with Gasteiger partial charge in [-0.15, -0.1) is 0 Å². The third-order valence-electron chi connectivity index (χ3n) is 2.93. The summed E-state index contributed by atoms with van der Waals surface area (Å²) in [5.74, 6) is 0.0469. The van der Waals surface area contributed by atoms with Gasteiger partial charge in [0.2, 0.25) is 0 Å². The molecule has 3 unspecified atom stereocenters. The quantitative estimate of drug-likeness (QED) is 0.389. The van der Waals surface area contributed by atoms with Crippen LogP contribution in [-0.2, 0) is 4.74 Å². The number of hydrogen-bond donors (Lipinski definition) is 2. The van der Waals surface area contributed by atoms with E-state index in [4.69, 9.17) is 15.4 Å². The topological polar surface area (TPSA) is 98.5 Å². The van der Waals surface area contributed by atoms with Crippen molar-refractivity contribution in [1.82, 2.24) is 0 Å². The van der Waals surface area contributed by atoms with Crippen LogP contribution in [0.4, 0.5) is 0 Å². The summed E-state index contributed by atoms with van der Waals surface area (Å²) < 4.78 is 5.12. The number of hydrogen-bond acceptors (Lipinski definition) is 4. The van der Waals surface area contributed by atoms with Crippen molar-refractivity contribution in [3.8, 4) is 0 Å². The standard InChI is InChI=1S/C8H15N3O3/c1-4-5(2)7(10-11-9)8(13)14-6(4)3-12/h4-8,12-13H,3H2,1-2H3/t4-,5-,6?,7?,8?/m0/s1. The van der Waals surface area contributed by atoms with E-state index in [-0.39, 0.29) is 24.5 Å². The van der Waals surface area contributed by atoms with Crippen molar-refractivity contribution in [2.45, 2.75) is 32.3 Å². The van der Waals surface area contributed by atoms with Crippen LogP contribution in [0.1, 0.15) is 13.8 Å². The van der Waals surface area contributed by atoms with Crippen molar-refractivity contribution in [3.05, 3.63) is 10.4 Å². The third-order valence-corrected chi connectivity index (χ3v) is 2.93. The summed E-state index contributed by atoms with van der Waals surface area (Å²) in [5.41, 5.74) is 8.31. The van der Waals surface area contributed by atoms with Crippen LogP contribution in [-0.4, -0.2) is 35.3 Å². The van der Waals surface area contributed by atoms with Gasteiger partial charge < -0.3 is 14.9 Å². The Morgan fingerprint density at radius 2 is 2.07 bits per heavy atom. The molecule has 14 heavy (non-hydrogen) atoms. The average Bonchev–Trinajstić information content (AvgIpc) is 2.18. The Labute approximate surface area is 82.1 Å². The molecule has 0 aromatic heterocycles. The van der Waals surface area contributed by atoms with Crippen LogP contribution in [0.3, 0.4) is 0 Å². The zero-order valence-electron chi connectivity index (χ0n) is 8.24. The lowest BCUT2D eigenvalue weighted by Gasteiger charge is -2.40. The number of aliphatic hydroxyl groups is 2. The van der Waals surface area contributed by atoms with Crippen molar-refractivity contribution in [2.24, 2.45) is 17.0 Å². The van der Waals surface area contributed by atoms with Crippen molar-refractivity contribution in [3.63, 3.8) is 0 Å². The number of ether oxygens (including phenoxy) is 1. The Morgan fingerprint density at radius 1 is 1.43 bits per heavy atom. The van der Waals surface area contributed by atoms with Gasteiger partial charge in [0.1, 0.15) is 0 Å². The molecule has 0 radical (unpaired) electrons. The van der Waals surface area contributed by atoms with E-state index in [1.54, 1.807) is 0 Å². The smallest absolute Gasteiger partial charge is 0.163 e. The minimum absolute atomic E-state index is 0.00759. The van der Waals surface area contributed by atoms with Gasteiger partial charge in [-0.3, -0.25) is 0 Å². The first kappa shape index (κ1) is 11.3. The van der Waals surface area contributed by atoms with Crippen LogP contribution < -0.4 is 0 Å². The number of rotatable bonds is 2. The van der Waals surface area contributed by atoms with E-state index in [9.17, 15) is 5.11 Å². The van der Waals surface area contributed by atoms with Gasteiger partial charge in [-0.05, 0) is 17.4 Å². The van der Waals surface area contributed by atoms with Gasteiger partial charge in [-0.25, -0.2) is 0 Å². The summed E-state index contributed by atoms with van der Waals surface area (Å²) in [6.07, 6.45) is -1.50. The maximum Gasteiger partial charge on any atom is 0.163 e. The first-order valence-electron chi connectivity index (χ1n) is 4.60. The van der Waals surface area contributed by atoms with Gasteiger partial charge in [0, 0.05) is 4.91 Å². The van der Waals surface area contributed by atoms with Crippen LogP contribution in [0, 0.1) is 11.8 Å². The van der Waals surface area contributed by atoms with E-state index in [1.807, 2.05) is 13.8 Å². The van der Waals surface area contributed by atoms with Crippen molar-refractivity contribution < 1.29 is 14.9 Å². The van der Waals surface area contributed by atoms with E-state index in [0.29, 0.717) is 0 Å². The summed E-state index contributed by atoms with van der Waals surface area (Å²) in [4.78, 5) is 2.67. The number of azide groups is 1. The molecule has 0 aromatic carbocycles. The Hall–Kier alpha value is -0.810. The lowest BCUT2D eigenvalue weighted by Crippen LogP contribution is -2.49. The molecule has 1 aliphatic heterocycles. The Kier molecular flexibility index (Phi) is 3.71. The van der Waals surface area contributed by atoms with Crippen LogP contribution in [0.5, 0.6) is 0 Å².